The van der Waals surface area contributed by atoms with Gasteiger partial charge in [0.2, 0.25) is 0 Å². The van der Waals surface area contributed by atoms with Crippen LogP contribution in [0.25, 0.3) is 5.78 Å². The summed E-state index contributed by atoms with van der Waals surface area (Å²) in [5.74, 6) is 0.340. The maximum absolute atomic E-state index is 11.8. The minimum Gasteiger partial charge on any atom is -0.278 e. The van der Waals surface area contributed by atoms with Crippen LogP contribution in [0, 0.1) is 0 Å². The first-order chi connectivity index (χ1) is 6.61. The summed E-state index contributed by atoms with van der Waals surface area (Å²) in [4.78, 5) is 19.7. The number of fused-ring (bicyclic) bond motifs is 1. The monoisotopic (exact) mass is 212 g/mol. The second-order valence-electron chi connectivity index (χ2n) is 3.30. The fourth-order valence-electron chi connectivity index (χ4n) is 1.33. The van der Waals surface area contributed by atoms with Gasteiger partial charge in [0.25, 0.3) is 11.3 Å². The fraction of sp³-hybridized carbons (Fsp3) is 0.375. The van der Waals surface area contributed by atoms with Gasteiger partial charge >= 0.3 is 0 Å². The quantitative estimate of drug-likeness (QED) is 0.723. The van der Waals surface area contributed by atoms with E-state index in [4.69, 9.17) is 11.6 Å². The Kier molecular flexibility index (Phi) is 2.03. The third-order valence-electron chi connectivity index (χ3n) is 2.00. The number of H-pyrrole nitrogens is 1. The molecular formula is C8H9ClN4O. The van der Waals surface area contributed by atoms with Gasteiger partial charge < -0.3 is 0 Å². The van der Waals surface area contributed by atoms with E-state index in [2.05, 4.69) is 15.1 Å². The molecule has 74 valence electrons. The zero-order valence-electron chi connectivity index (χ0n) is 7.78. The summed E-state index contributed by atoms with van der Waals surface area (Å²) in [6.45, 7) is 3.79. The topological polar surface area (TPSA) is 63.1 Å². The largest absolute Gasteiger partial charge is 0.278 e. The molecule has 2 aromatic rings. The highest BCUT2D eigenvalue weighted by Gasteiger charge is 2.14. The molecule has 0 amide bonds. The molecule has 5 nitrogen and oxygen atoms in total. The van der Waals surface area contributed by atoms with E-state index in [1.54, 1.807) is 0 Å². The van der Waals surface area contributed by atoms with E-state index in [0.29, 0.717) is 11.3 Å². The number of nitrogens with one attached hydrogen (secondary N) is 1. The van der Waals surface area contributed by atoms with E-state index >= 15 is 0 Å². The lowest BCUT2D eigenvalue weighted by Gasteiger charge is -2.05. The number of aromatic amines is 1. The third-order valence-corrected chi connectivity index (χ3v) is 2.29. The summed E-state index contributed by atoms with van der Waals surface area (Å²) in [5.41, 5.74) is 0.320. The highest BCUT2D eigenvalue weighted by molar-refractivity contribution is 6.30. The number of halogens is 1. The lowest BCUT2D eigenvalue weighted by Crippen LogP contribution is -2.21. The maximum atomic E-state index is 11.8. The van der Waals surface area contributed by atoms with Gasteiger partial charge in [-0.2, -0.15) is 9.50 Å². The summed E-state index contributed by atoms with van der Waals surface area (Å²) in [5, 5.41) is 2.92. The molecule has 0 aliphatic carbocycles. The second kappa shape index (κ2) is 3.09. The number of hydrogen-bond acceptors (Lipinski definition) is 3. The highest BCUT2D eigenvalue weighted by Crippen LogP contribution is 2.17. The number of hydrogen-bond donors (Lipinski definition) is 1. The normalized spacial score (nSPS) is 11.4. The number of nitrogens with zero attached hydrogens (tertiary/aromatic N) is 3. The number of rotatable bonds is 1. The van der Waals surface area contributed by atoms with Crippen molar-refractivity contribution in [2.45, 2.75) is 19.8 Å². The second-order valence-corrected chi connectivity index (χ2v) is 3.66. The molecule has 0 fully saturated rings. The van der Waals surface area contributed by atoms with Gasteiger partial charge in [-0.15, -0.1) is 0 Å². The lowest BCUT2D eigenvalue weighted by atomic mass is 10.1. The first kappa shape index (κ1) is 9.21. The molecule has 2 aromatic heterocycles. The molecule has 1 N–H and O–H groups in total. The molecule has 0 unspecified atom stereocenters. The van der Waals surface area contributed by atoms with Gasteiger partial charge in [0.15, 0.2) is 0 Å². The standard InChI is InChI=1S/C8H9ClN4O/c1-4(2)5-6(9)12-8-10-3-11-13(8)7(5)14/h3-4H,1-2H3,(H,10,11,12). The van der Waals surface area contributed by atoms with Crippen LogP contribution in [-0.2, 0) is 0 Å². The summed E-state index contributed by atoms with van der Waals surface area (Å²) in [6, 6.07) is 0. The summed E-state index contributed by atoms with van der Waals surface area (Å²) >= 11 is 5.88. The Hall–Kier alpha value is -1.36. The first-order valence-electron chi connectivity index (χ1n) is 4.22. The molecule has 0 saturated carbocycles. The average Bonchev–Trinajstić information content (AvgIpc) is 2.50. The van der Waals surface area contributed by atoms with Crippen molar-refractivity contribution in [3.8, 4) is 0 Å². The molecule has 14 heavy (non-hydrogen) atoms. The Morgan fingerprint density at radius 3 is 2.93 bits per heavy atom. The predicted molar refractivity (Wildman–Crippen MR) is 52.7 cm³/mol. The van der Waals surface area contributed by atoms with Crippen LogP contribution in [-0.4, -0.2) is 19.6 Å². The van der Waals surface area contributed by atoms with Crippen LogP contribution in [0.1, 0.15) is 25.3 Å². The van der Waals surface area contributed by atoms with Gasteiger partial charge in [-0.3, -0.25) is 9.89 Å². The number of aromatic nitrogens is 4. The van der Waals surface area contributed by atoms with Gasteiger partial charge in [-0.05, 0) is 5.92 Å². The van der Waals surface area contributed by atoms with E-state index in [0.717, 1.165) is 0 Å². The molecule has 6 heteroatoms. The molecule has 0 bridgehead atoms. The van der Waals surface area contributed by atoms with Crippen molar-refractivity contribution in [2.75, 3.05) is 0 Å². The Morgan fingerprint density at radius 2 is 2.29 bits per heavy atom. The molecule has 0 aliphatic heterocycles. The Bertz CT molecular complexity index is 528. The van der Waals surface area contributed by atoms with Crippen LogP contribution in [0.3, 0.4) is 0 Å². The minimum atomic E-state index is -0.187. The van der Waals surface area contributed by atoms with Crippen molar-refractivity contribution in [1.82, 2.24) is 19.6 Å². The van der Waals surface area contributed by atoms with E-state index in [9.17, 15) is 4.79 Å². The SMILES string of the molecule is CC(C)c1c(Cl)nc2nc[nH]n2c1=O. The Balaban J connectivity index is 2.90. The van der Waals surface area contributed by atoms with Gasteiger partial charge in [-0.25, -0.2) is 4.98 Å². The Labute approximate surface area is 84.7 Å². The molecule has 0 aromatic carbocycles. The predicted octanol–water partition coefficient (Wildman–Crippen LogP) is 1.19. The minimum absolute atomic E-state index is 0.0442. The van der Waals surface area contributed by atoms with Crippen molar-refractivity contribution in [2.24, 2.45) is 0 Å². The summed E-state index contributed by atoms with van der Waals surface area (Å²) < 4.78 is 1.28. The van der Waals surface area contributed by atoms with Crippen LogP contribution >= 0.6 is 11.6 Å². The zero-order chi connectivity index (χ0) is 10.3. The zero-order valence-corrected chi connectivity index (χ0v) is 8.54. The summed E-state index contributed by atoms with van der Waals surface area (Å²) in [6.07, 6.45) is 1.41. The van der Waals surface area contributed by atoms with Crippen molar-refractivity contribution in [1.29, 1.82) is 0 Å². The van der Waals surface area contributed by atoms with Crippen LogP contribution in [0.2, 0.25) is 5.15 Å². The third kappa shape index (κ3) is 1.21. The van der Waals surface area contributed by atoms with Crippen molar-refractivity contribution >= 4 is 17.4 Å². The van der Waals surface area contributed by atoms with Crippen LogP contribution in [0.15, 0.2) is 11.1 Å². The van der Waals surface area contributed by atoms with Crippen molar-refractivity contribution in [3.05, 3.63) is 27.4 Å². The average molecular weight is 213 g/mol. The maximum Gasteiger partial charge on any atom is 0.278 e. The highest BCUT2D eigenvalue weighted by atomic mass is 35.5. The van der Waals surface area contributed by atoms with E-state index in [1.807, 2.05) is 13.8 Å². The van der Waals surface area contributed by atoms with E-state index < -0.39 is 0 Å². The first-order valence-corrected chi connectivity index (χ1v) is 4.60. The molecule has 0 saturated heterocycles. The fourth-order valence-corrected chi connectivity index (χ4v) is 1.70. The van der Waals surface area contributed by atoms with Gasteiger partial charge in [-0.1, -0.05) is 25.4 Å². The van der Waals surface area contributed by atoms with E-state index in [-0.39, 0.29) is 16.6 Å². The lowest BCUT2D eigenvalue weighted by molar-refractivity contribution is 0.794. The van der Waals surface area contributed by atoms with Crippen molar-refractivity contribution < 1.29 is 0 Å². The van der Waals surface area contributed by atoms with Crippen LogP contribution < -0.4 is 5.56 Å². The van der Waals surface area contributed by atoms with Crippen molar-refractivity contribution in [3.63, 3.8) is 0 Å². The van der Waals surface area contributed by atoms with Crippen LogP contribution in [0.5, 0.6) is 0 Å². The molecule has 0 aliphatic rings. The van der Waals surface area contributed by atoms with Gasteiger partial charge in [0, 0.05) is 0 Å². The molecule has 0 radical (unpaired) electrons. The molecular weight excluding hydrogens is 204 g/mol. The van der Waals surface area contributed by atoms with Gasteiger partial charge in [0.05, 0.1) is 5.56 Å². The van der Waals surface area contributed by atoms with Crippen LogP contribution in [0.4, 0.5) is 0 Å². The molecule has 0 spiro atoms. The molecule has 2 rings (SSSR count). The summed E-state index contributed by atoms with van der Waals surface area (Å²) in [7, 11) is 0. The van der Waals surface area contributed by atoms with E-state index in [1.165, 1.54) is 10.8 Å². The molecule has 2 heterocycles. The smallest absolute Gasteiger partial charge is 0.278 e. The Morgan fingerprint density at radius 1 is 1.57 bits per heavy atom. The van der Waals surface area contributed by atoms with Gasteiger partial charge in [0.1, 0.15) is 11.5 Å². The molecule has 0 atom stereocenters.